The van der Waals surface area contributed by atoms with E-state index in [-0.39, 0.29) is 31.1 Å². The maximum absolute atomic E-state index is 12.9. The van der Waals surface area contributed by atoms with Crippen molar-refractivity contribution in [1.29, 1.82) is 0 Å². The molecule has 6 heteroatoms. The summed E-state index contributed by atoms with van der Waals surface area (Å²) in [6.45, 7) is 6.68. The molecule has 0 aliphatic heterocycles. The molecule has 6 nitrogen and oxygen atoms in total. The summed E-state index contributed by atoms with van der Waals surface area (Å²) < 4.78 is 16.9. The summed E-state index contributed by atoms with van der Waals surface area (Å²) in [5.74, 6) is -0.849. The van der Waals surface area contributed by atoms with E-state index in [4.69, 9.17) is 14.2 Å². The van der Waals surface area contributed by atoms with E-state index in [1.165, 1.54) is 244 Å². The molecule has 0 spiro atoms. The molecule has 0 saturated carbocycles. The van der Waals surface area contributed by atoms with E-state index in [0.717, 1.165) is 57.8 Å². The summed E-state index contributed by atoms with van der Waals surface area (Å²) in [7, 11) is 0. The van der Waals surface area contributed by atoms with E-state index < -0.39 is 6.10 Å². The predicted octanol–water partition coefficient (Wildman–Crippen LogP) is 20.7. The average Bonchev–Trinajstić information content (AvgIpc) is 3.35. The maximum atomic E-state index is 12.9. The number of unbranched alkanes of at least 4 members (excludes halogenated alkanes) is 42. The number of carbonyl (C=O) groups is 3. The van der Waals surface area contributed by atoms with Crippen molar-refractivity contribution < 1.29 is 28.6 Å². The highest BCUT2D eigenvalue weighted by Gasteiger charge is 2.19. The molecule has 0 N–H and O–H groups in total. The van der Waals surface area contributed by atoms with Crippen molar-refractivity contribution in [3.05, 3.63) is 24.3 Å². The Labute approximate surface area is 430 Å². The smallest absolute Gasteiger partial charge is 0.306 e. The summed E-state index contributed by atoms with van der Waals surface area (Å²) >= 11 is 0. The minimum atomic E-state index is -0.770. The second-order valence-electron chi connectivity index (χ2n) is 21.0. The zero-order valence-corrected chi connectivity index (χ0v) is 46.6. The molecule has 0 aromatic rings. The first-order valence-electron chi connectivity index (χ1n) is 30.8. The van der Waals surface area contributed by atoms with Crippen LogP contribution < -0.4 is 0 Å². The zero-order chi connectivity index (χ0) is 50.0. The fourth-order valence-corrected chi connectivity index (χ4v) is 9.26. The molecule has 0 radical (unpaired) electrons. The fraction of sp³-hybridized carbons (Fsp3) is 0.889. The van der Waals surface area contributed by atoms with Gasteiger partial charge in [0.1, 0.15) is 13.2 Å². The van der Waals surface area contributed by atoms with Gasteiger partial charge in [-0.25, -0.2) is 0 Å². The molecule has 69 heavy (non-hydrogen) atoms. The van der Waals surface area contributed by atoms with Crippen molar-refractivity contribution >= 4 is 17.9 Å². The van der Waals surface area contributed by atoms with Gasteiger partial charge in [0, 0.05) is 19.3 Å². The van der Waals surface area contributed by atoms with Crippen LogP contribution in [0.5, 0.6) is 0 Å². The van der Waals surface area contributed by atoms with Crippen molar-refractivity contribution in [2.75, 3.05) is 13.2 Å². The molecule has 0 saturated heterocycles. The van der Waals surface area contributed by atoms with Crippen LogP contribution in [0.1, 0.15) is 342 Å². The summed E-state index contributed by atoms with van der Waals surface area (Å²) in [4.78, 5) is 38.2. The largest absolute Gasteiger partial charge is 0.462 e. The third-order valence-electron chi connectivity index (χ3n) is 13.9. The van der Waals surface area contributed by atoms with Gasteiger partial charge in [-0.2, -0.15) is 0 Å². The molecule has 0 amide bonds. The lowest BCUT2D eigenvalue weighted by atomic mass is 10.0. The molecule has 406 valence electrons. The van der Waals surface area contributed by atoms with Gasteiger partial charge in [-0.1, -0.05) is 276 Å². The van der Waals surface area contributed by atoms with E-state index in [9.17, 15) is 14.4 Å². The van der Waals surface area contributed by atoms with Gasteiger partial charge in [0.25, 0.3) is 0 Å². The van der Waals surface area contributed by atoms with Crippen molar-refractivity contribution in [2.24, 2.45) is 0 Å². The van der Waals surface area contributed by atoms with Crippen molar-refractivity contribution in [3.63, 3.8) is 0 Å². The van der Waals surface area contributed by atoms with Crippen molar-refractivity contribution in [3.8, 4) is 0 Å². The Morgan fingerprint density at radius 3 is 0.739 bits per heavy atom. The van der Waals surface area contributed by atoms with Crippen LogP contribution in [0.15, 0.2) is 24.3 Å². The summed E-state index contributed by atoms with van der Waals surface area (Å²) in [6, 6.07) is 0. The normalized spacial score (nSPS) is 12.1. The first kappa shape index (κ1) is 66.9. The topological polar surface area (TPSA) is 78.9 Å². The third-order valence-corrected chi connectivity index (χ3v) is 13.9. The lowest BCUT2D eigenvalue weighted by Crippen LogP contribution is -2.30. The Morgan fingerprint density at radius 2 is 0.478 bits per heavy atom. The second kappa shape index (κ2) is 58.5. The van der Waals surface area contributed by atoms with Gasteiger partial charge in [-0.05, 0) is 70.6 Å². The summed E-state index contributed by atoms with van der Waals surface area (Å²) in [5, 5.41) is 0. The lowest BCUT2D eigenvalue weighted by molar-refractivity contribution is -0.167. The number of carbonyl (C=O) groups excluding carboxylic acids is 3. The van der Waals surface area contributed by atoms with E-state index in [2.05, 4.69) is 45.1 Å². The highest BCUT2D eigenvalue weighted by atomic mass is 16.6. The Morgan fingerprint density at radius 1 is 0.275 bits per heavy atom. The standard InChI is InChI=1S/C63H118O6/c1-4-7-10-13-16-19-22-25-28-29-30-31-32-33-36-39-42-45-48-51-54-57-63(66)69-60(58-67-61(64)55-52-49-46-43-40-37-34-26-23-20-17-14-11-8-5-2)59-68-62(65)56-53-50-47-44-41-38-35-27-24-21-18-15-12-9-6-3/h20,23,25,28,60H,4-19,21-22,24,26-27,29-59H2,1-3H3/b23-20-,28-25-/t60-/m1/s1. The van der Waals surface area contributed by atoms with Crippen LogP contribution in [-0.2, 0) is 28.6 Å². The first-order valence-corrected chi connectivity index (χ1v) is 30.8. The molecule has 0 aromatic heterocycles. The number of rotatable bonds is 57. The molecular weight excluding hydrogens is 853 g/mol. The van der Waals surface area contributed by atoms with Gasteiger partial charge in [0.2, 0.25) is 0 Å². The van der Waals surface area contributed by atoms with Crippen LogP contribution in [0.4, 0.5) is 0 Å². The Kier molecular flexibility index (Phi) is 56.7. The molecule has 0 aliphatic carbocycles. The third kappa shape index (κ3) is 56.7. The van der Waals surface area contributed by atoms with E-state index in [1.54, 1.807) is 0 Å². The van der Waals surface area contributed by atoms with Crippen LogP contribution in [0.3, 0.4) is 0 Å². The molecular formula is C63H118O6. The van der Waals surface area contributed by atoms with Gasteiger partial charge < -0.3 is 14.2 Å². The SMILES string of the molecule is CCCCCC/C=C\CCCCCCCCCC(=O)OC[C@H](COC(=O)CCCCCCCCCCCCCCCCC)OC(=O)CCCCCCCCCCCCC/C=C\CCCCCCCC. The van der Waals surface area contributed by atoms with Crippen LogP contribution in [0, 0.1) is 0 Å². The van der Waals surface area contributed by atoms with Crippen LogP contribution in [0.25, 0.3) is 0 Å². The van der Waals surface area contributed by atoms with Gasteiger partial charge in [-0.3, -0.25) is 14.4 Å². The van der Waals surface area contributed by atoms with Gasteiger partial charge in [0.05, 0.1) is 0 Å². The summed E-state index contributed by atoms with van der Waals surface area (Å²) in [5.41, 5.74) is 0. The predicted molar refractivity (Wildman–Crippen MR) is 298 cm³/mol. The molecule has 0 bridgehead atoms. The molecule has 0 rings (SSSR count). The minimum Gasteiger partial charge on any atom is -0.462 e. The number of ether oxygens (including phenoxy) is 3. The quantitative estimate of drug-likeness (QED) is 0.0261. The minimum absolute atomic E-state index is 0.0678. The maximum Gasteiger partial charge on any atom is 0.306 e. The van der Waals surface area contributed by atoms with E-state index in [1.807, 2.05) is 0 Å². The van der Waals surface area contributed by atoms with E-state index >= 15 is 0 Å². The fourth-order valence-electron chi connectivity index (χ4n) is 9.26. The zero-order valence-electron chi connectivity index (χ0n) is 46.6. The Hall–Kier alpha value is -2.11. The van der Waals surface area contributed by atoms with Crippen LogP contribution >= 0.6 is 0 Å². The van der Waals surface area contributed by atoms with Gasteiger partial charge in [-0.15, -0.1) is 0 Å². The first-order chi connectivity index (χ1) is 34.0. The summed E-state index contributed by atoms with van der Waals surface area (Å²) in [6.07, 6.45) is 68.9. The number of hydrogen-bond donors (Lipinski definition) is 0. The van der Waals surface area contributed by atoms with Crippen LogP contribution in [0.2, 0.25) is 0 Å². The van der Waals surface area contributed by atoms with Gasteiger partial charge in [0.15, 0.2) is 6.10 Å². The molecule has 0 aliphatic rings. The van der Waals surface area contributed by atoms with Crippen molar-refractivity contribution in [2.45, 2.75) is 348 Å². The van der Waals surface area contributed by atoms with Crippen LogP contribution in [-0.4, -0.2) is 37.2 Å². The highest BCUT2D eigenvalue weighted by Crippen LogP contribution is 2.17. The lowest BCUT2D eigenvalue weighted by Gasteiger charge is -2.18. The Bertz CT molecular complexity index is 1110. The van der Waals surface area contributed by atoms with Gasteiger partial charge >= 0.3 is 17.9 Å². The molecule has 0 aromatic carbocycles. The highest BCUT2D eigenvalue weighted by molar-refractivity contribution is 5.71. The second-order valence-corrected chi connectivity index (χ2v) is 21.0. The van der Waals surface area contributed by atoms with E-state index in [0.29, 0.717) is 19.3 Å². The number of hydrogen-bond acceptors (Lipinski definition) is 6. The Balaban J connectivity index is 4.30. The molecule has 0 unspecified atom stereocenters. The average molecular weight is 972 g/mol. The molecule has 0 fully saturated rings. The monoisotopic (exact) mass is 971 g/mol. The molecule has 1 atom stereocenters. The van der Waals surface area contributed by atoms with Crippen molar-refractivity contribution in [1.82, 2.24) is 0 Å². The molecule has 0 heterocycles. The number of esters is 3. The number of allylic oxidation sites excluding steroid dienone is 4.